The minimum Gasteiger partial charge on any atom is -0.349 e. The second-order valence-corrected chi connectivity index (χ2v) is 5.57. The maximum Gasteiger partial charge on any atom is 0.315 e. The van der Waals surface area contributed by atoms with Crippen LogP contribution < -0.4 is 16.0 Å². The SMILES string of the molecule is O=C(NCCNC(=O)c1n[nH]c2ccccc12)NCc1ccccc1F. The molecule has 0 atom stereocenters. The summed E-state index contributed by atoms with van der Waals surface area (Å²) in [6, 6.07) is 13.1. The standard InChI is InChI=1S/C18H18FN5O2/c19-14-7-3-1-5-12(14)11-22-18(26)21-10-9-20-17(25)16-13-6-2-4-8-15(13)23-24-16/h1-8H,9-11H2,(H,20,25)(H,23,24)(H2,21,22,26). The Labute approximate surface area is 149 Å². The van der Waals surface area contributed by atoms with Crippen molar-refractivity contribution >= 4 is 22.8 Å². The molecule has 2 aromatic carbocycles. The van der Waals surface area contributed by atoms with Crippen LogP contribution in [-0.2, 0) is 6.54 Å². The van der Waals surface area contributed by atoms with E-state index in [1.807, 2.05) is 24.3 Å². The summed E-state index contributed by atoms with van der Waals surface area (Å²) in [6.07, 6.45) is 0. The third kappa shape index (κ3) is 4.15. The molecule has 0 saturated heterocycles. The monoisotopic (exact) mass is 355 g/mol. The molecule has 0 radical (unpaired) electrons. The second kappa shape index (κ2) is 8.11. The summed E-state index contributed by atoms with van der Waals surface area (Å²) in [5.41, 5.74) is 1.49. The molecule has 0 aliphatic carbocycles. The van der Waals surface area contributed by atoms with Gasteiger partial charge in [0.05, 0.1) is 5.52 Å². The predicted molar refractivity (Wildman–Crippen MR) is 95.1 cm³/mol. The molecule has 3 aromatic rings. The summed E-state index contributed by atoms with van der Waals surface area (Å²) in [5, 5.41) is 15.4. The molecule has 26 heavy (non-hydrogen) atoms. The van der Waals surface area contributed by atoms with E-state index in [9.17, 15) is 14.0 Å². The van der Waals surface area contributed by atoms with E-state index in [-0.39, 0.29) is 31.4 Å². The van der Waals surface area contributed by atoms with Crippen molar-refractivity contribution in [2.24, 2.45) is 0 Å². The lowest BCUT2D eigenvalue weighted by Crippen LogP contribution is -2.40. The average molecular weight is 355 g/mol. The van der Waals surface area contributed by atoms with E-state index in [1.165, 1.54) is 6.07 Å². The molecule has 8 heteroatoms. The summed E-state index contributed by atoms with van der Waals surface area (Å²) in [4.78, 5) is 23.9. The van der Waals surface area contributed by atoms with E-state index in [2.05, 4.69) is 26.1 Å². The minimum absolute atomic E-state index is 0.0874. The van der Waals surface area contributed by atoms with E-state index >= 15 is 0 Å². The fourth-order valence-electron chi connectivity index (χ4n) is 2.45. The molecule has 1 aromatic heterocycles. The van der Waals surface area contributed by atoms with Crippen molar-refractivity contribution in [2.75, 3.05) is 13.1 Å². The highest BCUT2D eigenvalue weighted by Gasteiger charge is 2.13. The van der Waals surface area contributed by atoms with Crippen LogP contribution in [0.5, 0.6) is 0 Å². The Morgan fingerprint density at radius 1 is 0.962 bits per heavy atom. The summed E-state index contributed by atoms with van der Waals surface area (Å²) in [7, 11) is 0. The van der Waals surface area contributed by atoms with E-state index in [1.54, 1.807) is 18.2 Å². The smallest absolute Gasteiger partial charge is 0.315 e. The molecule has 0 spiro atoms. The van der Waals surface area contributed by atoms with Gasteiger partial charge in [0.1, 0.15) is 5.82 Å². The maximum atomic E-state index is 13.5. The number of hydrogen-bond acceptors (Lipinski definition) is 3. The van der Waals surface area contributed by atoms with Gasteiger partial charge in [-0.15, -0.1) is 0 Å². The van der Waals surface area contributed by atoms with Crippen LogP contribution in [0, 0.1) is 5.82 Å². The van der Waals surface area contributed by atoms with Gasteiger partial charge in [0, 0.05) is 30.6 Å². The molecule has 0 fully saturated rings. The first-order valence-electron chi connectivity index (χ1n) is 8.11. The third-order valence-electron chi connectivity index (χ3n) is 3.78. The van der Waals surface area contributed by atoms with Crippen molar-refractivity contribution in [1.82, 2.24) is 26.1 Å². The van der Waals surface area contributed by atoms with Gasteiger partial charge in [-0.2, -0.15) is 5.10 Å². The fourth-order valence-corrected chi connectivity index (χ4v) is 2.45. The molecule has 0 saturated carbocycles. The quantitative estimate of drug-likeness (QED) is 0.509. The predicted octanol–water partition coefficient (Wildman–Crippen LogP) is 1.93. The number of rotatable bonds is 6. The van der Waals surface area contributed by atoms with Crippen LogP contribution in [0.3, 0.4) is 0 Å². The zero-order valence-corrected chi connectivity index (χ0v) is 13.9. The highest BCUT2D eigenvalue weighted by atomic mass is 19.1. The molecule has 3 rings (SSSR count). The highest BCUT2D eigenvalue weighted by molar-refractivity contribution is 6.04. The number of carbonyl (C=O) groups excluding carboxylic acids is 2. The highest BCUT2D eigenvalue weighted by Crippen LogP contribution is 2.14. The van der Waals surface area contributed by atoms with Crippen molar-refractivity contribution in [3.63, 3.8) is 0 Å². The summed E-state index contributed by atoms with van der Waals surface area (Å²) >= 11 is 0. The van der Waals surface area contributed by atoms with Crippen LogP contribution >= 0.6 is 0 Å². The van der Waals surface area contributed by atoms with E-state index in [0.29, 0.717) is 11.3 Å². The average Bonchev–Trinajstić information content (AvgIpc) is 3.08. The van der Waals surface area contributed by atoms with Gasteiger partial charge >= 0.3 is 6.03 Å². The minimum atomic E-state index is -0.437. The van der Waals surface area contributed by atoms with E-state index < -0.39 is 6.03 Å². The topological polar surface area (TPSA) is 98.9 Å². The molecular weight excluding hydrogens is 337 g/mol. The number of H-pyrrole nitrogens is 1. The Kier molecular flexibility index (Phi) is 5.43. The number of halogens is 1. The first-order chi connectivity index (χ1) is 12.6. The van der Waals surface area contributed by atoms with E-state index in [4.69, 9.17) is 0 Å². The van der Waals surface area contributed by atoms with Crippen LogP contribution in [0.1, 0.15) is 16.1 Å². The van der Waals surface area contributed by atoms with Crippen LogP contribution in [0.15, 0.2) is 48.5 Å². The van der Waals surface area contributed by atoms with Gasteiger partial charge < -0.3 is 16.0 Å². The molecule has 134 valence electrons. The zero-order chi connectivity index (χ0) is 18.4. The Morgan fingerprint density at radius 2 is 1.69 bits per heavy atom. The molecule has 4 N–H and O–H groups in total. The first kappa shape index (κ1) is 17.4. The number of para-hydroxylation sites is 1. The van der Waals surface area contributed by atoms with Crippen LogP contribution in [0.25, 0.3) is 10.9 Å². The van der Waals surface area contributed by atoms with Crippen LogP contribution in [-0.4, -0.2) is 35.2 Å². The normalized spacial score (nSPS) is 10.5. The lowest BCUT2D eigenvalue weighted by molar-refractivity contribution is 0.0950. The summed E-state index contributed by atoms with van der Waals surface area (Å²) in [5.74, 6) is -0.692. The second-order valence-electron chi connectivity index (χ2n) is 5.57. The molecule has 3 amide bonds. The number of nitrogens with one attached hydrogen (secondary N) is 4. The van der Waals surface area contributed by atoms with Crippen molar-refractivity contribution in [2.45, 2.75) is 6.54 Å². The van der Waals surface area contributed by atoms with Gasteiger partial charge in [-0.1, -0.05) is 36.4 Å². The Bertz CT molecular complexity index is 925. The first-order valence-corrected chi connectivity index (χ1v) is 8.11. The largest absolute Gasteiger partial charge is 0.349 e. The Morgan fingerprint density at radius 3 is 2.54 bits per heavy atom. The molecule has 1 heterocycles. The number of nitrogens with zero attached hydrogens (tertiary/aromatic N) is 1. The van der Waals surface area contributed by atoms with Gasteiger partial charge in [-0.05, 0) is 12.1 Å². The maximum absolute atomic E-state index is 13.5. The summed E-state index contributed by atoms with van der Waals surface area (Å²) < 4.78 is 13.5. The molecule has 0 aliphatic heterocycles. The number of hydrogen-bond donors (Lipinski definition) is 4. The molecular formula is C18H18FN5O2. The van der Waals surface area contributed by atoms with Gasteiger partial charge in [0.25, 0.3) is 5.91 Å². The Balaban J connectivity index is 1.40. The molecule has 0 bridgehead atoms. The van der Waals surface area contributed by atoms with Crippen molar-refractivity contribution in [1.29, 1.82) is 0 Å². The molecule has 0 unspecified atom stereocenters. The lowest BCUT2D eigenvalue weighted by Gasteiger charge is -2.09. The van der Waals surface area contributed by atoms with E-state index in [0.717, 1.165) is 10.9 Å². The number of benzene rings is 2. The summed E-state index contributed by atoms with van der Waals surface area (Å²) in [6.45, 7) is 0.564. The number of aromatic nitrogens is 2. The molecule has 0 aliphatic rings. The fraction of sp³-hybridized carbons (Fsp3) is 0.167. The van der Waals surface area contributed by atoms with Gasteiger partial charge in [0.15, 0.2) is 5.69 Å². The number of fused-ring (bicyclic) bond motifs is 1. The number of carbonyl (C=O) groups is 2. The lowest BCUT2D eigenvalue weighted by atomic mass is 10.2. The number of amides is 3. The van der Waals surface area contributed by atoms with Crippen LogP contribution in [0.2, 0.25) is 0 Å². The number of urea groups is 1. The zero-order valence-electron chi connectivity index (χ0n) is 13.9. The van der Waals surface area contributed by atoms with Crippen molar-refractivity contribution in [3.05, 3.63) is 65.6 Å². The van der Waals surface area contributed by atoms with Crippen molar-refractivity contribution in [3.8, 4) is 0 Å². The Hall–Kier alpha value is -3.42. The third-order valence-corrected chi connectivity index (χ3v) is 3.78. The van der Waals surface area contributed by atoms with Crippen molar-refractivity contribution < 1.29 is 14.0 Å². The molecule has 7 nitrogen and oxygen atoms in total. The van der Waals surface area contributed by atoms with Gasteiger partial charge in [0.2, 0.25) is 0 Å². The van der Waals surface area contributed by atoms with Gasteiger partial charge in [-0.3, -0.25) is 9.89 Å². The number of aromatic amines is 1. The van der Waals surface area contributed by atoms with Crippen LogP contribution in [0.4, 0.5) is 9.18 Å². The van der Waals surface area contributed by atoms with Gasteiger partial charge in [-0.25, -0.2) is 9.18 Å².